The van der Waals surface area contributed by atoms with Crippen LogP contribution in [0.5, 0.6) is 0 Å². The maximum Gasteiger partial charge on any atom is 0.263 e. The number of nitrogens with zero attached hydrogens (tertiary/aromatic N) is 4. The van der Waals surface area contributed by atoms with Gasteiger partial charge in [0.15, 0.2) is 0 Å². The first-order valence-electron chi connectivity index (χ1n) is 9.93. The smallest absolute Gasteiger partial charge is 0.263 e. The maximum atomic E-state index is 13.5. The molecule has 0 radical (unpaired) electrons. The number of hydrogen-bond acceptors (Lipinski definition) is 6. The van der Waals surface area contributed by atoms with Gasteiger partial charge in [0.2, 0.25) is 0 Å². The van der Waals surface area contributed by atoms with Crippen LogP contribution in [0, 0.1) is 0 Å². The summed E-state index contributed by atoms with van der Waals surface area (Å²) in [5.74, 6) is 0.219. The number of nitrogens with one attached hydrogen (secondary N) is 2. The number of anilines is 2. The maximum absolute atomic E-state index is 13.5. The second kappa shape index (κ2) is 6.86. The molecule has 2 N–H and O–H groups in total. The van der Waals surface area contributed by atoms with Crippen LogP contribution in [0.4, 0.5) is 11.5 Å². The normalized spacial score (nSPS) is 13.4. The number of carbonyl (C=O) groups excluding carboxylic acids is 1. The van der Waals surface area contributed by atoms with Gasteiger partial charge < -0.3 is 5.32 Å². The summed E-state index contributed by atoms with van der Waals surface area (Å²) < 4.78 is 31.0. The summed E-state index contributed by atoms with van der Waals surface area (Å²) in [6, 6.07) is 11.5. The van der Waals surface area contributed by atoms with E-state index in [4.69, 9.17) is 0 Å². The molecule has 10 heteroatoms. The van der Waals surface area contributed by atoms with E-state index in [-0.39, 0.29) is 28.0 Å². The van der Waals surface area contributed by atoms with Gasteiger partial charge in [0.25, 0.3) is 21.9 Å². The van der Waals surface area contributed by atoms with Crippen LogP contribution in [0.2, 0.25) is 0 Å². The third-order valence-electron chi connectivity index (χ3n) is 5.24. The fourth-order valence-electron chi connectivity index (χ4n) is 3.66. The number of carbonyl (C=O) groups is 1. The second-order valence-electron chi connectivity index (χ2n) is 8.52. The molecule has 0 aliphatic carbocycles. The highest BCUT2D eigenvalue weighted by atomic mass is 32.2. The molecule has 162 valence electrons. The van der Waals surface area contributed by atoms with E-state index in [1.165, 1.54) is 10.7 Å². The van der Waals surface area contributed by atoms with Crippen molar-refractivity contribution in [2.75, 3.05) is 10.0 Å². The van der Waals surface area contributed by atoms with Gasteiger partial charge in [-0.1, -0.05) is 32.9 Å². The van der Waals surface area contributed by atoms with E-state index in [1.807, 2.05) is 20.8 Å². The summed E-state index contributed by atoms with van der Waals surface area (Å²) in [6.45, 7) is 5.95. The molecule has 0 atom stereocenters. The van der Waals surface area contributed by atoms with E-state index in [0.717, 1.165) is 0 Å². The largest absolute Gasteiger partial charge is 0.321 e. The molecule has 2 aromatic carbocycles. The zero-order valence-corrected chi connectivity index (χ0v) is 18.4. The van der Waals surface area contributed by atoms with Crippen molar-refractivity contribution in [2.45, 2.75) is 31.1 Å². The minimum Gasteiger partial charge on any atom is -0.321 e. The summed E-state index contributed by atoms with van der Waals surface area (Å²) in [7, 11) is -4.03. The summed E-state index contributed by atoms with van der Waals surface area (Å²) in [6.07, 6.45) is 3.12. The SMILES string of the molecule is CC(C)(C)c1cc(NS(=O)(=O)c2ccc3c4c(cccc24)C(=O)N3)n(-c2ncccn2)n1. The minimum atomic E-state index is -4.03. The van der Waals surface area contributed by atoms with Crippen LogP contribution in [-0.2, 0) is 15.4 Å². The molecule has 1 aliphatic heterocycles. The van der Waals surface area contributed by atoms with Gasteiger partial charge >= 0.3 is 0 Å². The predicted molar refractivity (Wildman–Crippen MR) is 121 cm³/mol. The zero-order chi connectivity index (χ0) is 22.7. The van der Waals surface area contributed by atoms with Crippen molar-refractivity contribution in [1.82, 2.24) is 19.7 Å². The standard InChI is InChI=1S/C22H20N6O3S/c1-22(2,3)17-12-18(28(26-17)21-23-10-5-11-24-21)27-32(30,31)16-9-8-15-19-13(16)6-4-7-14(19)20(29)25-15/h4-12,27H,1-3H3,(H,25,29). The monoisotopic (exact) mass is 448 g/mol. The molecule has 5 rings (SSSR count). The molecular formula is C22H20N6O3S. The molecule has 0 saturated heterocycles. The fourth-order valence-corrected chi connectivity index (χ4v) is 4.90. The van der Waals surface area contributed by atoms with Crippen LogP contribution in [0.1, 0.15) is 36.8 Å². The highest BCUT2D eigenvalue weighted by Crippen LogP contribution is 2.37. The Bertz CT molecular complexity index is 1490. The molecule has 0 bridgehead atoms. The molecule has 0 spiro atoms. The Balaban J connectivity index is 1.65. The summed E-state index contributed by atoms with van der Waals surface area (Å²) >= 11 is 0. The number of hydrogen-bond donors (Lipinski definition) is 2. The Kier molecular flexibility index (Phi) is 4.31. The highest BCUT2D eigenvalue weighted by Gasteiger charge is 2.28. The number of benzene rings is 2. The predicted octanol–water partition coefficient (Wildman–Crippen LogP) is 3.48. The molecule has 9 nitrogen and oxygen atoms in total. The Morgan fingerprint density at radius 3 is 2.50 bits per heavy atom. The fraction of sp³-hybridized carbons (Fsp3) is 0.182. The molecule has 0 fully saturated rings. The first kappa shape index (κ1) is 20.1. The molecular weight excluding hydrogens is 428 g/mol. The van der Waals surface area contributed by atoms with Crippen molar-refractivity contribution in [1.29, 1.82) is 0 Å². The third-order valence-corrected chi connectivity index (χ3v) is 6.65. The lowest BCUT2D eigenvalue weighted by Gasteiger charge is -2.13. The molecule has 0 unspecified atom stereocenters. The van der Waals surface area contributed by atoms with Gasteiger partial charge in [-0.25, -0.2) is 18.4 Å². The Labute approximate surface area is 184 Å². The first-order chi connectivity index (χ1) is 15.1. The molecule has 4 aromatic rings. The highest BCUT2D eigenvalue weighted by molar-refractivity contribution is 7.93. The van der Waals surface area contributed by atoms with Crippen LogP contribution in [0.25, 0.3) is 16.7 Å². The molecule has 2 aromatic heterocycles. The number of rotatable bonds is 4. The summed E-state index contributed by atoms with van der Waals surface area (Å²) in [5, 5.41) is 8.37. The third kappa shape index (κ3) is 3.19. The number of aromatic nitrogens is 4. The number of amides is 1. The van der Waals surface area contributed by atoms with Gasteiger partial charge in [0.05, 0.1) is 10.6 Å². The van der Waals surface area contributed by atoms with Crippen molar-refractivity contribution < 1.29 is 13.2 Å². The topological polar surface area (TPSA) is 119 Å². The van der Waals surface area contributed by atoms with Gasteiger partial charge in [-0.3, -0.25) is 9.52 Å². The van der Waals surface area contributed by atoms with Crippen molar-refractivity contribution in [3.8, 4) is 5.95 Å². The van der Waals surface area contributed by atoms with Crippen LogP contribution < -0.4 is 10.0 Å². The van der Waals surface area contributed by atoms with Crippen molar-refractivity contribution in [3.63, 3.8) is 0 Å². The van der Waals surface area contributed by atoms with E-state index in [0.29, 0.717) is 27.7 Å². The van der Waals surface area contributed by atoms with Gasteiger partial charge in [-0.2, -0.15) is 9.78 Å². The second-order valence-corrected chi connectivity index (χ2v) is 10.2. The van der Waals surface area contributed by atoms with Gasteiger partial charge in [0, 0.05) is 45.9 Å². The summed E-state index contributed by atoms with van der Waals surface area (Å²) in [4.78, 5) is 20.7. The Morgan fingerprint density at radius 1 is 1.03 bits per heavy atom. The lowest BCUT2D eigenvalue weighted by atomic mass is 9.92. The van der Waals surface area contributed by atoms with Crippen molar-refractivity contribution >= 4 is 38.2 Å². The van der Waals surface area contributed by atoms with Gasteiger partial charge in [0.1, 0.15) is 5.82 Å². The Hall–Kier alpha value is -3.79. The minimum absolute atomic E-state index is 0.0636. The van der Waals surface area contributed by atoms with Crippen LogP contribution in [-0.4, -0.2) is 34.1 Å². The molecule has 1 amide bonds. The first-order valence-corrected chi connectivity index (χ1v) is 11.4. The van der Waals surface area contributed by atoms with E-state index in [9.17, 15) is 13.2 Å². The molecule has 32 heavy (non-hydrogen) atoms. The zero-order valence-electron chi connectivity index (χ0n) is 17.6. The number of sulfonamides is 1. The van der Waals surface area contributed by atoms with E-state index in [2.05, 4.69) is 25.1 Å². The average molecular weight is 449 g/mol. The van der Waals surface area contributed by atoms with Gasteiger partial charge in [-0.05, 0) is 24.3 Å². The van der Waals surface area contributed by atoms with Crippen LogP contribution in [0.3, 0.4) is 0 Å². The average Bonchev–Trinajstić information content (AvgIpc) is 3.31. The van der Waals surface area contributed by atoms with Crippen molar-refractivity contribution in [2.24, 2.45) is 0 Å². The molecule has 1 aliphatic rings. The summed E-state index contributed by atoms with van der Waals surface area (Å²) in [5.41, 5.74) is 1.40. The van der Waals surface area contributed by atoms with Crippen LogP contribution >= 0.6 is 0 Å². The van der Waals surface area contributed by atoms with Crippen LogP contribution in [0.15, 0.2) is 59.8 Å². The molecule has 0 saturated carbocycles. The Morgan fingerprint density at radius 2 is 1.78 bits per heavy atom. The van der Waals surface area contributed by atoms with E-state index in [1.54, 1.807) is 48.8 Å². The lowest BCUT2D eigenvalue weighted by Crippen LogP contribution is -2.17. The van der Waals surface area contributed by atoms with E-state index >= 15 is 0 Å². The lowest BCUT2D eigenvalue weighted by molar-refractivity contribution is 0.103. The van der Waals surface area contributed by atoms with Gasteiger partial charge in [-0.15, -0.1) is 0 Å². The quantitative estimate of drug-likeness (QED) is 0.493. The molecule has 3 heterocycles. The van der Waals surface area contributed by atoms with E-state index < -0.39 is 10.0 Å². The van der Waals surface area contributed by atoms with Crippen molar-refractivity contribution in [3.05, 3.63) is 66.1 Å².